The third-order valence-corrected chi connectivity index (χ3v) is 4.95. The fourth-order valence-electron chi connectivity index (χ4n) is 3.28. The van der Waals surface area contributed by atoms with E-state index in [1.165, 1.54) is 5.56 Å². The number of aromatic nitrogens is 2. The van der Waals surface area contributed by atoms with Crippen molar-refractivity contribution in [1.82, 2.24) is 14.5 Å². The van der Waals surface area contributed by atoms with E-state index in [0.717, 1.165) is 11.3 Å². The molecule has 158 valence electrons. The molecule has 0 radical (unpaired) electrons. The Bertz CT molecular complexity index is 1100. The number of nitrogens with one attached hydrogen (secondary N) is 1. The van der Waals surface area contributed by atoms with E-state index in [1.54, 1.807) is 47.5 Å². The van der Waals surface area contributed by atoms with Gasteiger partial charge >= 0.3 is 0 Å². The molecule has 1 aromatic heterocycles. The standard InChI is InChI=1S/C25H26N4O2/c1-5-15-29(16-6-2)24(31)21-10-8-7-9-20(21)23(30)27-25-26-17-22(28(25)4)19-13-11-18(3)12-14-19/h5-14,17H,1-2,15-16H2,3-4H3,(H,26,27,30). The van der Waals surface area contributed by atoms with Crippen molar-refractivity contribution in [3.8, 4) is 11.3 Å². The first-order valence-corrected chi connectivity index (χ1v) is 9.96. The quantitative estimate of drug-likeness (QED) is 0.553. The van der Waals surface area contributed by atoms with Gasteiger partial charge in [0.05, 0.1) is 23.0 Å². The van der Waals surface area contributed by atoms with E-state index in [2.05, 4.69) is 23.5 Å². The first-order chi connectivity index (χ1) is 15.0. The fourth-order valence-corrected chi connectivity index (χ4v) is 3.28. The lowest BCUT2D eigenvalue weighted by molar-refractivity contribution is 0.0785. The Morgan fingerprint density at radius 1 is 1.03 bits per heavy atom. The Morgan fingerprint density at radius 2 is 1.65 bits per heavy atom. The van der Waals surface area contributed by atoms with Crippen LogP contribution in [0.1, 0.15) is 26.3 Å². The molecule has 0 aliphatic rings. The third kappa shape index (κ3) is 4.80. The van der Waals surface area contributed by atoms with Crippen molar-refractivity contribution >= 4 is 17.8 Å². The number of amides is 2. The molecule has 3 rings (SSSR count). The van der Waals surface area contributed by atoms with Gasteiger partial charge in [0.1, 0.15) is 0 Å². The number of aryl methyl sites for hydroxylation is 1. The predicted molar refractivity (Wildman–Crippen MR) is 124 cm³/mol. The number of imidazole rings is 1. The van der Waals surface area contributed by atoms with Crippen LogP contribution in [0.25, 0.3) is 11.3 Å². The summed E-state index contributed by atoms with van der Waals surface area (Å²) in [7, 11) is 1.84. The van der Waals surface area contributed by atoms with Crippen LogP contribution in [0.2, 0.25) is 0 Å². The molecular formula is C25H26N4O2. The number of benzene rings is 2. The normalized spacial score (nSPS) is 10.4. The average molecular weight is 415 g/mol. The molecule has 1 N–H and O–H groups in total. The maximum Gasteiger partial charge on any atom is 0.258 e. The predicted octanol–water partition coefficient (Wildman–Crippen LogP) is 4.46. The summed E-state index contributed by atoms with van der Waals surface area (Å²) in [6.07, 6.45) is 5.00. The van der Waals surface area contributed by atoms with Crippen LogP contribution >= 0.6 is 0 Å². The summed E-state index contributed by atoms with van der Waals surface area (Å²) in [6, 6.07) is 14.8. The second-order valence-corrected chi connectivity index (χ2v) is 7.18. The number of anilines is 1. The topological polar surface area (TPSA) is 67.2 Å². The lowest BCUT2D eigenvalue weighted by atomic mass is 10.1. The lowest BCUT2D eigenvalue weighted by Crippen LogP contribution is -2.33. The van der Waals surface area contributed by atoms with Crippen LogP contribution in [-0.2, 0) is 7.05 Å². The molecule has 0 aliphatic heterocycles. The van der Waals surface area contributed by atoms with Gasteiger partial charge in [0.2, 0.25) is 5.95 Å². The van der Waals surface area contributed by atoms with Crippen molar-refractivity contribution in [3.63, 3.8) is 0 Å². The van der Waals surface area contributed by atoms with E-state index >= 15 is 0 Å². The van der Waals surface area contributed by atoms with E-state index in [0.29, 0.717) is 24.6 Å². The molecule has 31 heavy (non-hydrogen) atoms. The van der Waals surface area contributed by atoms with Crippen molar-refractivity contribution in [2.75, 3.05) is 18.4 Å². The second-order valence-electron chi connectivity index (χ2n) is 7.18. The van der Waals surface area contributed by atoms with Gasteiger partial charge in [-0.1, -0.05) is 54.1 Å². The third-order valence-electron chi connectivity index (χ3n) is 4.95. The van der Waals surface area contributed by atoms with Gasteiger partial charge in [-0.2, -0.15) is 0 Å². The fraction of sp³-hybridized carbons (Fsp3) is 0.160. The molecule has 6 heteroatoms. The van der Waals surface area contributed by atoms with Crippen molar-refractivity contribution in [1.29, 1.82) is 0 Å². The van der Waals surface area contributed by atoms with E-state index in [4.69, 9.17) is 0 Å². The minimum absolute atomic E-state index is 0.259. The molecule has 2 aromatic carbocycles. The Balaban J connectivity index is 1.87. The molecular weight excluding hydrogens is 388 g/mol. The van der Waals surface area contributed by atoms with Crippen LogP contribution in [0, 0.1) is 6.92 Å². The van der Waals surface area contributed by atoms with Crippen LogP contribution in [0.15, 0.2) is 80.0 Å². The highest BCUT2D eigenvalue weighted by molar-refractivity contribution is 6.11. The van der Waals surface area contributed by atoms with Crippen molar-refractivity contribution in [2.45, 2.75) is 6.92 Å². The van der Waals surface area contributed by atoms with Gasteiger partial charge in [-0.3, -0.25) is 14.9 Å². The molecule has 0 fully saturated rings. The second kappa shape index (κ2) is 9.71. The number of carbonyl (C=O) groups is 2. The minimum Gasteiger partial charge on any atom is -0.331 e. The first kappa shape index (κ1) is 21.8. The van der Waals surface area contributed by atoms with Gasteiger partial charge in [-0.25, -0.2) is 4.98 Å². The molecule has 0 unspecified atom stereocenters. The first-order valence-electron chi connectivity index (χ1n) is 9.96. The number of hydrogen-bond acceptors (Lipinski definition) is 3. The Kier molecular flexibility index (Phi) is 6.82. The molecule has 0 atom stereocenters. The van der Waals surface area contributed by atoms with Gasteiger partial charge in [0.25, 0.3) is 11.8 Å². The van der Waals surface area contributed by atoms with E-state index in [1.807, 2.05) is 42.8 Å². The van der Waals surface area contributed by atoms with Crippen LogP contribution in [0.3, 0.4) is 0 Å². The van der Waals surface area contributed by atoms with E-state index in [9.17, 15) is 9.59 Å². The zero-order valence-corrected chi connectivity index (χ0v) is 17.8. The summed E-state index contributed by atoms with van der Waals surface area (Å²) in [5.74, 6) is -0.257. The molecule has 0 aliphatic carbocycles. The number of carbonyl (C=O) groups excluding carboxylic acids is 2. The highest BCUT2D eigenvalue weighted by atomic mass is 16.2. The summed E-state index contributed by atoms with van der Waals surface area (Å²) in [6.45, 7) is 10.1. The lowest BCUT2D eigenvalue weighted by Gasteiger charge is -2.20. The molecule has 0 spiro atoms. The smallest absolute Gasteiger partial charge is 0.258 e. The molecule has 1 heterocycles. The molecule has 0 saturated carbocycles. The number of rotatable bonds is 8. The summed E-state index contributed by atoms with van der Waals surface area (Å²) in [5, 5.41) is 2.83. The molecule has 6 nitrogen and oxygen atoms in total. The number of hydrogen-bond donors (Lipinski definition) is 1. The Hall–Kier alpha value is -3.93. The Morgan fingerprint density at radius 3 is 2.26 bits per heavy atom. The molecule has 2 amide bonds. The van der Waals surface area contributed by atoms with Crippen LogP contribution < -0.4 is 5.32 Å². The van der Waals surface area contributed by atoms with E-state index in [-0.39, 0.29) is 11.5 Å². The SMILES string of the molecule is C=CCN(CC=C)C(=O)c1ccccc1C(=O)Nc1ncc(-c2ccc(C)cc2)n1C. The largest absolute Gasteiger partial charge is 0.331 e. The van der Waals surface area contributed by atoms with Crippen LogP contribution in [0.5, 0.6) is 0 Å². The van der Waals surface area contributed by atoms with Crippen molar-refractivity contribution in [2.24, 2.45) is 7.05 Å². The minimum atomic E-state index is -0.398. The monoisotopic (exact) mass is 414 g/mol. The van der Waals surface area contributed by atoms with Crippen LogP contribution in [0.4, 0.5) is 5.95 Å². The highest BCUT2D eigenvalue weighted by Crippen LogP contribution is 2.23. The molecule has 3 aromatic rings. The van der Waals surface area contributed by atoms with Gasteiger partial charge in [0.15, 0.2) is 0 Å². The van der Waals surface area contributed by atoms with Gasteiger partial charge < -0.3 is 9.47 Å². The summed E-state index contributed by atoms with van der Waals surface area (Å²) < 4.78 is 1.81. The molecule has 0 saturated heterocycles. The van der Waals surface area contributed by atoms with Crippen LogP contribution in [-0.4, -0.2) is 39.4 Å². The average Bonchev–Trinajstić information content (AvgIpc) is 3.13. The van der Waals surface area contributed by atoms with Crippen molar-refractivity contribution in [3.05, 3.63) is 96.7 Å². The highest BCUT2D eigenvalue weighted by Gasteiger charge is 2.22. The van der Waals surface area contributed by atoms with E-state index < -0.39 is 5.91 Å². The maximum atomic E-state index is 13.0. The summed E-state index contributed by atoms with van der Waals surface area (Å²) in [5.41, 5.74) is 3.65. The zero-order chi connectivity index (χ0) is 22.4. The number of nitrogens with zero attached hydrogens (tertiary/aromatic N) is 3. The maximum absolute atomic E-state index is 13.0. The Labute approximate surface area is 182 Å². The van der Waals surface area contributed by atoms with Gasteiger partial charge in [-0.15, -0.1) is 13.2 Å². The van der Waals surface area contributed by atoms with Gasteiger partial charge in [-0.05, 0) is 24.6 Å². The zero-order valence-electron chi connectivity index (χ0n) is 17.8. The summed E-state index contributed by atoms with van der Waals surface area (Å²) in [4.78, 5) is 32.0. The van der Waals surface area contributed by atoms with Gasteiger partial charge in [0, 0.05) is 20.1 Å². The summed E-state index contributed by atoms with van der Waals surface area (Å²) >= 11 is 0. The van der Waals surface area contributed by atoms with Crippen molar-refractivity contribution < 1.29 is 9.59 Å². The molecule has 0 bridgehead atoms.